The lowest BCUT2D eigenvalue weighted by molar-refractivity contribution is 1.02. The zero-order valence-corrected chi connectivity index (χ0v) is 8.32. The average molecular weight is 182 g/mol. The second kappa shape index (κ2) is 4.38. The molecule has 0 radical (unpaired) electrons. The lowest BCUT2D eigenvalue weighted by atomic mass is 10.2. The summed E-state index contributed by atoms with van der Waals surface area (Å²) in [6.45, 7) is 4.75. The number of aryl methyl sites for hydroxylation is 1. The molecule has 0 unspecified atom stereocenters. The van der Waals surface area contributed by atoms with Gasteiger partial charge in [-0.05, 0) is 19.4 Å². The summed E-state index contributed by atoms with van der Waals surface area (Å²) < 4.78 is 0. The standard InChI is InChI=1S/C9H14N2S/c1-3-8(5-10)4-9-6-12-7(2)11-9/h4,6H,3,5,10H2,1-2H3. The van der Waals surface area contributed by atoms with Gasteiger partial charge in [0.1, 0.15) is 0 Å². The minimum atomic E-state index is 0.632. The van der Waals surface area contributed by atoms with E-state index >= 15 is 0 Å². The van der Waals surface area contributed by atoms with Crippen LogP contribution in [-0.4, -0.2) is 11.5 Å². The molecule has 0 amide bonds. The van der Waals surface area contributed by atoms with E-state index < -0.39 is 0 Å². The molecule has 2 N–H and O–H groups in total. The van der Waals surface area contributed by atoms with Crippen LogP contribution in [0.15, 0.2) is 11.0 Å². The van der Waals surface area contributed by atoms with Crippen molar-refractivity contribution in [1.82, 2.24) is 4.98 Å². The molecule has 0 saturated carbocycles. The monoisotopic (exact) mass is 182 g/mol. The summed E-state index contributed by atoms with van der Waals surface area (Å²) in [5.41, 5.74) is 7.84. The predicted molar refractivity (Wildman–Crippen MR) is 54.2 cm³/mol. The quantitative estimate of drug-likeness (QED) is 0.778. The molecule has 0 fully saturated rings. The maximum absolute atomic E-state index is 5.55. The van der Waals surface area contributed by atoms with Crippen molar-refractivity contribution in [3.63, 3.8) is 0 Å². The van der Waals surface area contributed by atoms with Gasteiger partial charge in [-0.3, -0.25) is 0 Å². The van der Waals surface area contributed by atoms with E-state index in [0.717, 1.165) is 17.1 Å². The fourth-order valence-corrected chi connectivity index (χ4v) is 1.53. The van der Waals surface area contributed by atoms with Gasteiger partial charge in [-0.25, -0.2) is 4.98 Å². The van der Waals surface area contributed by atoms with Gasteiger partial charge in [0, 0.05) is 11.9 Å². The first-order valence-corrected chi connectivity index (χ1v) is 4.96. The van der Waals surface area contributed by atoms with Crippen molar-refractivity contribution in [2.24, 2.45) is 5.73 Å². The van der Waals surface area contributed by atoms with Gasteiger partial charge in [0.2, 0.25) is 0 Å². The van der Waals surface area contributed by atoms with Crippen LogP contribution >= 0.6 is 11.3 Å². The van der Waals surface area contributed by atoms with Crippen LogP contribution in [0, 0.1) is 6.92 Å². The fourth-order valence-electron chi connectivity index (χ4n) is 0.961. The Morgan fingerprint density at radius 3 is 2.92 bits per heavy atom. The third kappa shape index (κ3) is 2.43. The Hall–Kier alpha value is -0.670. The maximum atomic E-state index is 5.55. The number of aromatic nitrogens is 1. The van der Waals surface area contributed by atoms with Gasteiger partial charge in [-0.1, -0.05) is 12.5 Å². The molecule has 1 rings (SSSR count). The molecule has 1 heterocycles. The molecule has 0 atom stereocenters. The Labute approximate surface area is 77.1 Å². The van der Waals surface area contributed by atoms with Crippen molar-refractivity contribution in [3.05, 3.63) is 21.7 Å². The molecular formula is C9H14N2S. The minimum absolute atomic E-state index is 0.632. The van der Waals surface area contributed by atoms with Gasteiger partial charge in [0.25, 0.3) is 0 Å². The summed E-state index contributed by atoms with van der Waals surface area (Å²) in [5, 5.41) is 3.16. The second-order valence-corrected chi connectivity index (χ2v) is 3.71. The molecule has 1 aromatic heterocycles. The highest BCUT2D eigenvalue weighted by atomic mass is 32.1. The zero-order chi connectivity index (χ0) is 8.97. The van der Waals surface area contributed by atoms with E-state index in [-0.39, 0.29) is 0 Å². The van der Waals surface area contributed by atoms with Gasteiger partial charge in [-0.2, -0.15) is 0 Å². The predicted octanol–water partition coefficient (Wildman–Crippen LogP) is 2.20. The summed E-state index contributed by atoms with van der Waals surface area (Å²) in [6.07, 6.45) is 3.08. The van der Waals surface area contributed by atoms with Crippen molar-refractivity contribution in [3.8, 4) is 0 Å². The lowest BCUT2D eigenvalue weighted by Gasteiger charge is -1.96. The Balaban J connectivity index is 2.78. The van der Waals surface area contributed by atoms with Crippen molar-refractivity contribution in [1.29, 1.82) is 0 Å². The van der Waals surface area contributed by atoms with Gasteiger partial charge in [-0.15, -0.1) is 11.3 Å². The third-order valence-corrected chi connectivity index (χ3v) is 2.50. The van der Waals surface area contributed by atoms with E-state index in [4.69, 9.17) is 5.73 Å². The van der Waals surface area contributed by atoms with Crippen LogP contribution in [0.4, 0.5) is 0 Å². The minimum Gasteiger partial charge on any atom is -0.327 e. The highest BCUT2D eigenvalue weighted by Gasteiger charge is 1.95. The Bertz CT molecular complexity index is 270. The molecule has 0 bridgehead atoms. The number of thiazole rings is 1. The normalized spacial score (nSPS) is 12.1. The Morgan fingerprint density at radius 1 is 1.75 bits per heavy atom. The lowest BCUT2D eigenvalue weighted by Crippen LogP contribution is -2.01. The molecule has 1 aromatic rings. The van der Waals surface area contributed by atoms with Crippen molar-refractivity contribution < 1.29 is 0 Å². The van der Waals surface area contributed by atoms with Crippen LogP contribution in [0.1, 0.15) is 24.0 Å². The largest absolute Gasteiger partial charge is 0.327 e. The van der Waals surface area contributed by atoms with E-state index in [1.165, 1.54) is 5.57 Å². The molecule has 0 aliphatic carbocycles. The zero-order valence-electron chi connectivity index (χ0n) is 7.50. The molecule has 0 aliphatic rings. The fraction of sp³-hybridized carbons (Fsp3) is 0.444. The van der Waals surface area contributed by atoms with Crippen LogP contribution in [0.3, 0.4) is 0 Å². The molecule has 3 heteroatoms. The second-order valence-electron chi connectivity index (χ2n) is 2.65. The maximum Gasteiger partial charge on any atom is 0.0901 e. The van der Waals surface area contributed by atoms with Crippen molar-refractivity contribution in [2.45, 2.75) is 20.3 Å². The number of hydrogen-bond acceptors (Lipinski definition) is 3. The van der Waals surface area contributed by atoms with E-state index in [1.54, 1.807) is 11.3 Å². The molecule has 0 saturated heterocycles. The third-order valence-electron chi connectivity index (χ3n) is 1.71. The van der Waals surface area contributed by atoms with E-state index in [0.29, 0.717) is 6.54 Å². The average Bonchev–Trinajstić information content (AvgIpc) is 2.47. The molecular weight excluding hydrogens is 168 g/mol. The Kier molecular flexibility index (Phi) is 3.44. The Morgan fingerprint density at radius 2 is 2.50 bits per heavy atom. The number of rotatable bonds is 3. The first kappa shape index (κ1) is 9.42. The molecule has 0 spiro atoms. The van der Waals surface area contributed by atoms with Gasteiger partial charge in [0.05, 0.1) is 10.7 Å². The van der Waals surface area contributed by atoms with Gasteiger partial charge >= 0.3 is 0 Å². The van der Waals surface area contributed by atoms with Crippen LogP contribution < -0.4 is 5.73 Å². The molecule has 2 nitrogen and oxygen atoms in total. The van der Waals surface area contributed by atoms with Crippen LogP contribution in [0.5, 0.6) is 0 Å². The van der Waals surface area contributed by atoms with E-state index in [2.05, 4.69) is 23.4 Å². The topological polar surface area (TPSA) is 38.9 Å². The first-order valence-electron chi connectivity index (χ1n) is 4.08. The highest BCUT2D eigenvalue weighted by molar-refractivity contribution is 7.09. The smallest absolute Gasteiger partial charge is 0.0901 e. The molecule has 0 aliphatic heterocycles. The molecule has 12 heavy (non-hydrogen) atoms. The molecule has 0 aromatic carbocycles. The summed E-state index contributed by atoms with van der Waals surface area (Å²) >= 11 is 1.67. The SMILES string of the molecule is CCC(=Cc1csc(C)n1)CN. The molecule has 66 valence electrons. The summed E-state index contributed by atoms with van der Waals surface area (Å²) in [7, 11) is 0. The van der Waals surface area contributed by atoms with Crippen LogP contribution in [0.25, 0.3) is 6.08 Å². The van der Waals surface area contributed by atoms with Crippen LogP contribution in [0.2, 0.25) is 0 Å². The van der Waals surface area contributed by atoms with Crippen molar-refractivity contribution in [2.75, 3.05) is 6.54 Å². The van der Waals surface area contributed by atoms with Crippen LogP contribution in [-0.2, 0) is 0 Å². The first-order chi connectivity index (χ1) is 5.76. The summed E-state index contributed by atoms with van der Waals surface area (Å²) in [4.78, 5) is 4.33. The number of nitrogens with two attached hydrogens (primary N) is 1. The number of hydrogen-bond donors (Lipinski definition) is 1. The summed E-state index contributed by atoms with van der Waals surface area (Å²) in [5.74, 6) is 0. The van der Waals surface area contributed by atoms with Gasteiger partial charge in [0.15, 0.2) is 0 Å². The van der Waals surface area contributed by atoms with Gasteiger partial charge < -0.3 is 5.73 Å². The van der Waals surface area contributed by atoms with E-state index in [1.807, 2.05) is 6.92 Å². The summed E-state index contributed by atoms with van der Waals surface area (Å²) in [6, 6.07) is 0. The van der Waals surface area contributed by atoms with E-state index in [9.17, 15) is 0 Å². The highest BCUT2D eigenvalue weighted by Crippen LogP contribution is 2.12. The number of nitrogens with zero attached hydrogens (tertiary/aromatic N) is 1. The van der Waals surface area contributed by atoms with Crippen molar-refractivity contribution >= 4 is 17.4 Å².